The number of hydrogen-bond donors (Lipinski definition) is 0. The molecule has 2 nitrogen and oxygen atoms in total. The molecule has 23 heavy (non-hydrogen) atoms. The summed E-state index contributed by atoms with van der Waals surface area (Å²) in [6.45, 7) is 4.58. The molecule has 1 fully saturated rings. The minimum atomic E-state index is 0.386. The van der Waals surface area contributed by atoms with Crippen molar-refractivity contribution in [1.29, 1.82) is 0 Å². The fourth-order valence-electron chi connectivity index (χ4n) is 4.44. The quantitative estimate of drug-likeness (QED) is 0.709. The van der Waals surface area contributed by atoms with Crippen molar-refractivity contribution in [2.45, 2.75) is 58.2 Å². The van der Waals surface area contributed by atoms with Gasteiger partial charge in [0.2, 0.25) is 0 Å². The number of hydrogen-bond acceptors (Lipinski definition) is 2. The Kier molecular flexibility index (Phi) is 3.76. The van der Waals surface area contributed by atoms with Crippen LogP contribution >= 0.6 is 0 Å². The predicted molar refractivity (Wildman–Crippen MR) is 98.6 cm³/mol. The molecule has 1 atom stereocenters. The predicted octanol–water partition coefficient (Wildman–Crippen LogP) is 5.63. The van der Waals surface area contributed by atoms with Gasteiger partial charge in [-0.1, -0.05) is 49.6 Å². The van der Waals surface area contributed by atoms with Crippen molar-refractivity contribution in [1.82, 2.24) is 0 Å². The van der Waals surface area contributed by atoms with Crippen LogP contribution in [-0.2, 0) is 0 Å². The Morgan fingerprint density at radius 1 is 0.783 bits per heavy atom. The molecular formula is C21H26N2. The molecule has 2 aromatic carbocycles. The Balaban J connectivity index is 1.78. The van der Waals surface area contributed by atoms with E-state index in [1.807, 2.05) is 0 Å². The third-order valence-corrected chi connectivity index (χ3v) is 5.54. The maximum atomic E-state index is 2.68. The molecule has 0 N–H and O–H groups in total. The standard InChI is InChI=1S/C21H26N2/c1-16-10-6-7-13-19(16)23-17(2)22(18-11-4-3-5-12-18)20-14-8-9-15-21(20)23/h6-10,13-15,17-18H,3-5,11-12H2,1-2H3/t17-/m0/s1. The number of fused-ring (bicyclic) bond motifs is 1. The molecule has 1 aliphatic heterocycles. The summed E-state index contributed by atoms with van der Waals surface area (Å²) >= 11 is 0. The summed E-state index contributed by atoms with van der Waals surface area (Å²) in [5, 5.41) is 0. The number of aryl methyl sites for hydroxylation is 1. The van der Waals surface area contributed by atoms with Crippen molar-refractivity contribution >= 4 is 17.1 Å². The first-order valence-corrected chi connectivity index (χ1v) is 8.99. The lowest BCUT2D eigenvalue weighted by molar-refractivity contribution is 0.400. The van der Waals surface area contributed by atoms with Gasteiger partial charge in [-0.3, -0.25) is 0 Å². The van der Waals surface area contributed by atoms with Gasteiger partial charge in [0.1, 0.15) is 6.17 Å². The van der Waals surface area contributed by atoms with Crippen LogP contribution in [0.2, 0.25) is 0 Å². The van der Waals surface area contributed by atoms with Crippen LogP contribution in [0, 0.1) is 6.92 Å². The van der Waals surface area contributed by atoms with E-state index >= 15 is 0 Å². The molecule has 0 spiro atoms. The molecule has 0 radical (unpaired) electrons. The van der Waals surface area contributed by atoms with Gasteiger partial charge in [-0.15, -0.1) is 0 Å². The van der Waals surface area contributed by atoms with E-state index in [1.54, 1.807) is 0 Å². The number of benzene rings is 2. The van der Waals surface area contributed by atoms with E-state index < -0.39 is 0 Å². The monoisotopic (exact) mass is 306 g/mol. The zero-order valence-corrected chi connectivity index (χ0v) is 14.2. The van der Waals surface area contributed by atoms with Crippen molar-refractivity contribution in [3.63, 3.8) is 0 Å². The van der Waals surface area contributed by atoms with Crippen LogP contribution in [0.3, 0.4) is 0 Å². The molecule has 120 valence electrons. The maximum absolute atomic E-state index is 2.68. The lowest BCUT2D eigenvalue weighted by Gasteiger charge is -2.38. The molecule has 4 rings (SSSR count). The fraction of sp³-hybridized carbons (Fsp3) is 0.429. The van der Waals surface area contributed by atoms with Gasteiger partial charge in [0.25, 0.3) is 0 Å². The van der Waals surface area contributed by atoms with E-state index in [0.29, 0.717) is 12.2 Å². The van der Waals surface area contributed by atoms with Gasteiger partial charge in [0.05, 0.1) is 11.4 Å². The molecule has 2 heteroatoms. The smallest absolute Gasteiger partial charge is 0.104 e. The van der Waals surface area contributed by atoms with Crippen molar-refractivity contribution in [3.05, 3.63) is 54.1 Å². The normalized spacial score (nSPS) is 21.6. The number of anilines is 3. The lowest BCUT2D eigenvalue weighted by Crippen LogP contribution is -2.45. The highest BCUT2D eigenvalue weighted by Crippen LogP contribution is 2.47. The average Bonchev–Trinajstić information content (AvgIpc) is 2.88. The van der Waals surface area contributed by atoms with Crippen molar-refractivity contribution in [3.8, 4) is 0 Å². The van der Waals surface area contributed by atoms with Crippen LogP contribution in [0.5, 0.6) is 0 Å². The molecule has 0 aromatic heterocycles. The van der Waals surface area contributed by atoms with Crippen LogP contribution in [0.15, 0.2) is 48.5 Å². The average molecular weight is 306 g/mol. The van der Waals surface area contributed by atoms with E-state index in [4.69, 9.17) is 0 Å². The maximum Gasteiger partial charge on any atom is 0.104 e. The Hall–Kier alpha value is -1.96. The molecule has 1 saturated carbocycles. The molecule has 0 bridgehead atoms. The van der Waals surface area contributed by atoms with Gasteiger partial charge < -0.3 is 9.80 Å². The Morgan fingerprint density at radius 3 is 2.09 bits per heavy atom. The SMILES string of the molecule is Cc1ccccc1N1c2ccccc2N(C2CCCCC2)[C@@H]1C. The van der Waals surface area contributed by atoms with Crippen molar-refractivity contribution < 1.29 is 0 Å². The minimum absolute atomic E-state index is 0.386. The number of rotatable bonds is 2. The highest BCUT2D eigenvalue weighted by molar-refractivity contribution is 5.84. The van der Waals surface area contributed by atoms with Gasteiger partial charge in [0.15, 0.2) is 0 Å². The van der Waals surface area contributed by atoms with Crippen LogP contribution in [0.25, 0.3) is 0 Å². The summed E-state index contributed by atoms with van der Waals surface area (Å²) < 4.78 is 0. The lowest BCUT2D eigenvalue weighted by atomic mass is 9.93. The van der Waals surface area contributed by atoms with Crippen LogP contribution < -0.4 is 9.80 Å². The second-order valence-electron chi connectivity index (χ2n) is 6.98. The van der Waals surface area contributed by atoms with Crippen LogP contribution in [0.4, 0.5) is 17.1 Å². The van der Waals surface area contributed by atoms with Gasteiger partial charge in [-0.05, 0) is 50.5 Å². The van der Waals surface area contributed by atoms with E-state index in [-0.39, 0.29) is 0 Å². The van der Waals surface area contributed by atoms with E-state index in [1.165, 1.54) is 54.7 Å². The zero-order chi connectivity index (χ0) is 15.8. The summed E-state index contributed by atoms with van der Waals surface area (Å²) in [6, 6.07) is 18.4. The summed E-state index contributed by atoms with van der Waals surface area (Å²) in [6.07, 6.45) is 7.21. The first kappa shape index (κ1) is 14.6. The first-order valence-electron chi connectivity index (χ1n) is 8.99. The number of nitrogens with zero attached hydrogens (tertiary/aromatic N) is 2. The van der Waals surface area contributed by atoms with Gasteiger partial charge in [-0.25, -0.2) is 0 Å². The van der Waals surface area contributed by atoms with E-state index in [9.17, 15) is 0 Å². The van der Waals surface area contributed by atoms with Crippen LogP contribution in [-0.4, -0.2) is 12.2 Å². The minimum Gasteiger partial charge on any atom is -0.346 e. The first-order chi connectivity index (χ1) is 11.3. The molecule has 2 aliphatic rings. The Labute approximate surface area is 139 Å². The third-order valence-electron chi connectivity index (χ3n) is 5.54. The van der Waals surface area contributed by atoms with Gasteiger partial charge in [0, 0.05) is 11.7 Å². The third kappa shape index (κ3) is 2.41. The Morgan fingerprint density at radius 2 is 1.39 bits per heavy atom. The summed E-state index contributed by atoms with van der Waals surface area (Å²) in [4.78, 5) is 5.21. The van der Waals surface area contributed by atoms with Crippen molar-refractivity contribution in [2.24, 2.45) is 0 Å². The van der Waals surface area contributed by atoms with Crippen molar-refractivity contribution in [2.75, 3.05) is 9.80 Å². The summed E-state index contributed by atoms with van der Waals surface area (Å²) in [5.74, 6) is 0. The molecule has 0 unspecified atom stereocenters. The molecular weight excluding hydrogens is 280 g/mol. The Bertz CT molecular complexity index is 688. The van der Waals surface area contributed by atoms with Crippen LogP contribution in [0.1, 0.15) is 44.6 Å². The fourth-order valence-corrected chi connectivity index (χ4v) is 4.44. The summed E-state index contributed by atoms with van der Waals surface area (Å²) in [7, 11) is 0. The number of para-hydroxylation sites is 3. The zero-order valence-electron chi connectivity index (χ0n) is 14.2. The van der Waals surface area contributed by atoms with E-state index in [0.717, 1.165) is 0 Å². The van der Waals surface area contributed by atoms with Gasteiger partial charge in [-0.2, -0.15) is 0 Å². The highest BCUT2D eigenvalue weighted by atomic mass is 15.4. The molecule has 2 aromatic rings. The summed E-state index contributed by atoms with van der Waals surface area (Å²) in [5.41, 5.74) is 5.46. The molecule has 1 aliphatic carbocycles. The van der Waals surface area contributed by atoms with Gasteiger partial charge >= 0.3 is 0 Å². The van der Waals surface area contributed by atoms with E-state index in [2.05, 4.69) is 72.2 Å². The molecule has 0 saturated heterocycles. The second kappa shape index (κ2) is 5.92. The largest absolute Gasteiger partial charge is 0.346 e. The second-order valence-corrected chi connectivity index (χ2v) is 6.98. The molecule has 0 amide bonds. The topological polar surface area (TPSA) is 6.48 Å². The highest BCUT2D eigenvalue weighted by Gasteiger charge is 2.38. The molecule has 1 heterocycles.